The minimum atomic E-state index is -0.991. The molecule has 0 unspecified atom stereocenters. The molecule has 18 heavy (non-hydrogen) atoms. The number of carbonyl (C=O) groups is 1. The molecule has 0 spiro atoms. The van der Waals surface area contributed by atoms with E-state index in [1.165, 1.54) is 12.1 Å². The Hall–Kier alpha value is -2.81. The van der Waals surface area contributed by atoms with Crippen molar-refractivity contribution in [1.29, 1.82) is 5.26 Å². The van der Waals surface area contributed by atoms with Crippen molar-refractivity contribution >= 4 is 17.5 Å². The number of nitrogens with one attached hydrogen (secondary N) is 1. The Morgan fingerprint density at radius 1 is 1.44 bits per heavy atom. The number of carboxylic acids is 1. The van der Waals surface area contributed by atoms with E-state index in [-0.39, 0.29) is 17.1 Å². The second kappa shape index (κ2) is 4.59. The third kappa shape index (κ3) is 2.30. The Labute approximate surface area is 102 Å². The Balaban J connectivity index is 2.24. The predicted octanol–water partition coefficient (Wildman–Crippen LogP) is 2.30. The van der Waals surface area contributed by atoms with Crippen LogP contribution in [0.25, 0.3) is 0 Å². The summed E-state index contributed by atoms with van der Waals surface area (Å²) >= 11 is 0. The van der Waals surface area contributed by atoms with Gasteiger partial charge in [-0.05, 0) is 24.3 Å². The molecular formula is C12H9N3O3. The predicted molar refractivity (Wildman–Crippen MR) is 62.6 cm³/mol. The van der Waals surface area contributed by atoms with E-state index >= 15 is 0 Å². The number of aromatic nitrogens is 1. The standard InChI is InChI=1S/C12H9N3O3/c1-7-14-10(6-13)11(18-7)15-9-4-2-8(3-5-9)12(16)17/h2-5,15H,1H3,(H,16,17). The second-order valence-corrected chi connectivity index (χ2v) is 3.53. The average molecular weight is 243 g/mol. The molecule has 0 amide bonds. The summed E-state index contributed by atoms with van der Waals surface area (Å²) in [5.41, 5.74) is 0.970. The van der Waals surface area contributed by atoms with Gasteiger partial charge >= 0.3 is 5.97 Å². The van der Waals surface area contributed by atoms with Crippen molar-refractivity contribution in [3.05, 3.63) is 41.4 Å². The SMILES string of the molecule is Cc1nc(C#N)c(Nc2ccc(C(=O)O)cc2)o1. The molecule has 0 aliphatic rings. The maximum atomic E-state index is 10.7. The van der Waals surface area contributed by atoms with Crippen molar-refractivity contribution in [2.24, 2.45) is 0 Å². The van der Waals surface area contributed by atoms with E-state index in [9.17, 15) is 4.79 Å². The van der Waals surface area contributed by atoms with E-state index < -0.39 is 5.97 Å². The lowest BCUT2D eigenvalue weighted by molar-refractivity contribution is 0.0697. The van der Waals surface area contributed by atoms with Crippen LogP contribution in [0.2, 0.25) is 0 Å². The number of anilines is 2. The molecule has 0 atom stereocenters. The largest absolute Gasteiger partial charge is 0.478 e. The molecule has 0 fully saturated rings. The lowest BCUT2D eigenvalue weighted by Gasteiger charge is -2.02. The van der Waals surface area contributed by atoms with Crippen LogP contribution in [0.5, 0.6) is 0 Å². The summed E-state index contributed by atoms with van der Waals surface area (Å²) in [6.07, 6.45) is 0. The van der Waals surface area contributed by atoms with Crippen LogP contribution in [0.1, 0.15) is 21.9 Å². The topological polar surface area (TPSA) is 99.2 Å². The van der Waals surface area contributed by atoms with Gasteiger partial charge in [-0.25, -0.2) is 9.78 Å². The van der Waals surface area contributed by atoms with Gasteiger partial charge in [0.25, 0.3) is 0 Å². The lowest BCUT2D eigenvalue weighted by atomic mass is 10.2. The normalized spacial score (nSPS) is 9.78. The van der Waals surface area contributed by atoms with E-state index in [2.05, 4.69) is 10.3 Å². The summed E-state index contributed by atoms with van der Waals surface area (Å²) in [5.74, 6) is -0.357. The molecule has 90 valence electrons. The van der Waals surface area contributed by atoms with E-state index in [0.717, 1.165) is 0 Å². The first-order chi connectivity index (χ1) is 8.60. The molecule has 2 rings (SSSR count). The number of nitrogens with zero attached hydrogens (tertiary/aromatic N) is 2. The highest BCUT2D eigenvalue weighted by Gasteiger charge is 2.10. The summed E-state index contributed by atoms with van der Waals surface area (Å²) in [6.45, 7) is 1.64. The monoisotopic (exact) mass is 243 g/mol. The van der Waals surface area contributed by atoms with E-state index in [1.807, 2.05) is 6.07 Å². The maximum Gasteiger partial charge on any atom is 0.335 e. The van der Waals surface area contributed by atoms with E-state index in [1.54, 1.807) is 19.1 Å². The highest BCUT2D eigenvalue weighted by atomic mass is 16.4. The number of hydrogen-bond donors (Lipinski definition) is 2. The number of nitriles is 1. The maximum absolute atomic E-state index is 10.7. The molecule has 1 heterocycles. The van der Waals surface area contributed by atoms with Gasteiger partial charge in [-0.15, -0.1) is 0 Å². The fourth-order valence-electron chi connectivity index (χ4n) is 1.41. The van der Waals surface area contributed by atoms with Gasteiger partial charge in [-0.3, -0.25) is 0 Å². The fraction of sp³-hybridized carbons (Fsp3) is 0.0833. The van der Waals surface area contributed by atoms with Crippen molar-refractivity contribution in [3.8, 4) is 6.07 Å². The molecule has 0 aliphatic carbocycles. The number of carboxylic acid groups (broad SMARTS) is 1. The van der Waals surface area contributed by atoms with E-state index in [4.69, 9.17) is 14.8 Å². The van der Waals surface area contributed by atoms with Gasteiger partial charge in [0.1, 0.15) is 6.07 Å². The van der Waals surface area contributed by atoms with Crippen LogP contribution in [-0.4, -0.2) is 16.1 Å². The molecule has 0 bridgehead atoms. The minimum Gasteiger partial charge on any atom is -0.478 e. The zero-order valence-electron chi connectivity index (χ0n) is 9.47. The number of aromatic carboxylic acids is 1. The van der Waals surface area contributed by atoms with Gasteiger partial charge < -0.3 is 14.8 Å². The van der Waals surface area contributed by atoms with Gasteiger partial charge in [-0.2, -0.15) is 5.26 Å². The molecule has 0 aliphatic heterocycles. The highest BCUT2D eigenvalue weighted by Crippen LogP contribution is 2.21. The molecule has 0 saturated heterocycles. The zero-order valence-corrected chi connectivity index (χ0v) is 9.47. The smallest absolute Gasteiger partial charge is 0.335 e. The molecule has 1 aromatic heterocycles. The van der Waals surface area contributed by atoms with Crippen molar-refractivity contribution in [1.82, 2.24) is 4.98 Å². The van der Waals surface area contributed by atoms with Crippen LogP contribution < -0.4 is 5.32 Å². The summed E-state index contributed by atoms with van der Waals surface area (Å²) in [4.78, 5) is 14.6. The third-order valence-corrected chi connectivity index (χ3v) is 2.23. The molecule has 2 N–H and O–H groups in total. The molecule has 1 aromatic carbocycles. The van der Waals surface area contributed by atoms with Gasteiger partial charge in [-0.1, -0.05) is 0 Å². The lowest BCUT2D eigenvalue weighted by Crippen LogP contribution is -1.96. The summed E-state index contributed by atoms with van der Waals surface area (Å²) in [7, 11) is 0. The van der Waals surface area contributed by atoms with E-state index in [0.29, 0.717) is 11.6 Å². The van der Waals surface area contributed by atoms with Gasteiger partial charge in [0.2, 0.25) is 11.6 Å². The summed E-state index contributed by atoms with van der Waals surface area (Å²) in [6, 6.07) is 7.99. The molecular weight excluding hydrogens is 234 g/mol. The summed E-state index contributed by atoms with van der Waals surface area (Å²) in [5, 5.41) is 20.5. The first-order valence-electron chi connectivity index (χ1n) is 5.08. The van der Waals surface area contributed by atoms with Crippen LogP contribution in [0.3, 0.4) is 0 Å². The Kier molecular flexibility index (Phi) is 2.98. The molecule has 6 nitrogen and oxygen atoms in total. The molecule has 0 radical (unpaired) electrons. The van der Waals surface area contributed by atoms with Gasteiger partial charge in [0.05, 0.1) is 5.56 Å². The summed E-state index contributed by atoms with van der Waals surface area (Å²) < 4.78 is 5.23. The van der Waals surface area contributed by atoms with Crippen LogP contribution in [0.15, 0.2) is 28.7 Å². The van der Waals surface area contributed by atoms with Crippen molar-refractivity contribution in [3.63, 3.8) is 0 Å². The third-order valence-electron chi connectivity index (χ3n) is 2.23. The van der Waals surface area contributed by atoms with Crippen LogP contribution in [-0.2, 0) is 0 Å². The Morgan fingerprint density at radius 3 is 2.67 bits per heavy atom. The first-order valence-corrected chi connectivity index (χ1v) is 5.08. The highest BCUT2D eigenvalue weighted by molar-refractivity contribution is 5.88. The average Bonchev–Trinajstić information content (AvgIpc) is 2.70. The zero-order chi connectivity index (χ0) is 13.1. The Morgan fingerprint density at radius 2 is 2.11 bits per heavy atom. The fourth-order valence-corrected chi connectivity index (χ4v) is 1.41. The van der Waals surface area contributed by atoms with Crippen LogP contribution >= 0.6 is 0 Å². The van der Waals surface area contributed by atoms with Crippen LogP contribution in [0.4, 0.5) is 11.6 Å². The first kappa shape index (κ1) is 11.7. The van der Waals surface area contributed by atoms with Crippen molar-refractivity contribution in [2.75, 3.05) is 5.32 Å². The number of rotatable bonds is 3. The number of aryl methyl sites for hydroxylation is 1. The second-order valence-electron chi connectivity index (χ2n) is 3.53. The molecule has 6 heteroatoms. The van der Waals surface area contributed by atoms with Crippen molar-refractivity contribution in [2.45, 2.75) is 6.92 Å². The quantitative estimate of drug-likeness (QED) is 0.857. The number of oxazole rings is 1. The van der Waals surface area contributed by atoms with Crippen molar-refractivity contribution < 1.29 is 14.3 Å². The molecule has 0 saturated carbocycles. The Bertz CT molecular complexity index is 623. The number of hydrogen-bond acceptors (Lipinski definition) is 5. The van der Waals surface area contributed by atoms with Gasteiger partial charge in [0.15, 0.2) is 5.89 Å². The number of benzene rings is 1. The minimum absolute atomic E-state index is 0.162. The molecule has 2 aromatic rings. The van der Waals surface area contributed by atoms with Crippen LogP contribution in [0, 0.1) is 18.3 Å². The van der Waals surface area contributed by atoms with Gasteiger partial charge in [0, 0.05) is 12.6 Å².